The fourth-order valence-corrected chi connectivity index (χ4v) is 4.81. The van der Waals surface area contributed by atoms with E-state index < -0.39 is 0 Å². The average molecular weight is 459 g/mol. The van der Waals surface area contributed by atoms with Crippen molar-refractivity contribution in [1.29, 1.82) is 0 Å². The van der Waals surface area contributed by atoms with Crippen LogP contribution in [0, 0.1) is 6.92 Å². The fraction of sp³-hybridized carbons (Fsp3) is 0.391. The largest absolute Gasteiger partial charge is 0.474 e. The standard InChI is InChI=1S/C23H27ClN4O2S/c1-15-12-21(28-10-8-17(9-11-28)27(2)3)26-19-5-4-16(13-18(15)19)25-22(29)14-30-23-7-6-20(24)31-23/h4-7,12-13,17H,8-11,14H2,1-3H3,(H,25,29). The summed E-state index contributed by atoms with van der Waals surface area (Å²) in [6, 6.07) is 12.1. The molecular formula is C23H27ClN4O2S. The molecule has 3 aromatic rings. The van der Waals surface area contributed by atoms with Crippen LogP contribution in [0.1, 0.15) is 18.4 Å². The van der Waals surface area contributed by atoms with Gasteiger partial charge in [0, 0.05) is 30.2 Å². The van der Waals surface area contributed by atoms with E-state index in [-0.39, 0.29) is 12.5 Å². The maximum absolute atomic E-state index is 12.3. The van der Waals surface area contributed by atoms with Crippen LogP contribution in [-0.4, -0.2) is 55.6 Å². The lowest BCUT2D eigenvalue weighted by Gasteiger charge is -2.36. The molecule has 6 nitrogen and oxygen atoms in total. The van der Waals surface area contributed by atoms with Gasteiger partial charge in [-0.2, -0.15) is 0 Å². The quantitative estimate of drug-likeness (QED) is 0.574. The zero-order chi connectivity index (χ0) is 22.0. The molecule has 0 spiro atoms. The number of thiophene rings is 1. The van der Waals surface area contributed by atoms with E-state index in [9.17, 15) is 4.79 Å². The Morgan fingerprint density at radius 1 is 1.26 bits per heavy atom. The normalized spacial score (nSPS) is 14.9. The van der Waals surface area contributed by atoms with E-state index in [0.717, 1.165) is 53.9 Å². The molecular weight excluding hydrogens is 432 g/mol. The third-order valence-corrected chi connectivity index (χ3v) is 6.84. The van der Waals surface area contributed by atoms with Crippen LogP contribution < -0.4 is 15.0 Å². The predicted molar refractivity (Wildman–Crippen MR) is 129 cm³/mol. The number of fused-ring (bicyclic) bond motifs is 1. The van der Waals surface area contributed by atoms with Crippen LogP contribution in [0.4, 0.5) is 11.5 Å². The number of carbonyl (C=O) groups is 1. The molecule has 1 amide bonds. The van der Waals surface area contributed by atoms with E-state index in [4.69, 9.17) is 21.3 Å². The summed E-state index contributed by atoms with van der Waals surface area (Å²) in [7, 11) is 4.30. The maximum atomic E-state index is 12.3. The fourth-order valence-electron chi connectivity index (χ4n) is 3.94. The van der Waals surface area contributed by atoms with Gasteiger partial charge < -0.3 is 19.9 Å². The van der Waals surface area contributed by atoms with Gasteiger partial charge in [-0.25, -0.2) is 4.98 Å². The molecule has 31 heavy (non-hydrogen) atoms. The highest BCUT2D eigenvalue weighted by atomic mass is 35.5. The Labute approximate surface area is 191 Å². The number of aromatic nitrogens is 1. The maximum Gasteiger partial charge on any atom is 0.262 e. The van der Waals surface area contributed by atoms with Crippen molar-refractivity contribution in [2.24, 2.45) is 0 Å². The molecule has 0 unspecified atom stereocenters. The molecule has 0 bridgehead atoms. The Morgan fingerprint density at radius 3 is 2.71 bits per heavy atom. The van der Waals surface area contributed by atoms with Crippen LogP contribution >= 0.6 is 22.9 Å². The van der Waals surface area contributed by atoms with Gasteiger partial charge in [-0.15, -0.1) is 0 Å². The minimum absolute atomic E-state index is 0.0616. The summed E-state index contributed by atoms with van der Waals surface area (Å²) in [4.78, 5) is 21.8. The molecule has 1 fully saturated rings. The van der Waals surface area contributed by atoms with Crippen molar-refractivity contribution in [3.8, 4) is 5.06 Å². The molecule has 4 rings (SSSR count). The second-order valence-electron chi connectivity index (χ2n) is 8.11. The Morgan fingerprint density at radius 2 is 2.03 bits per heavy atom. The first kappa shape index (κ1) is 21.9. The van der Waals surface area contributed by atoms with Crippen LogP contribution in [0.15, 0.2) is 36.4 Å². The van der Waals surface area contributed by atoms with Gasteiger partial charge in [0.15, 0.2) is 11.7 Å². The Hall–Kier alpha value is -2.35. The number of hydrogen-bond donors (Lipinski definition) is 1. The molecule has 0 aliphatic carbocycles. The van der Waals surface area contributed by atoms with Gasteiger partial charge in [-0.3, -0.25) is 4.79 Å². The molecule has 1 N–H and O–H groups in total. The van der Waals surface area contributed by atoms with Crippen LogP contribution in [0.5, 0.6) is 5.06 Å². The van der Waals surface area contributed by atoms with E-state index in [1.54, 1.807) is 12.1 Å². The van der Waals surface area contributed by atoms with E-state index in [1.807, 2.05) is 18.2 Å². The van der Waals surface area contributed by atoms with Crippen molar-refractivity contribution in [2.75, 3.05) is 44.0 Å². The number of nitrogens with zero attached hydrogens (tertiary/aromatic N) is 3. The van der Waals surface area contributed by atoms with Crippen molar-refractivity contribution in [3.63, 3.8) is 0 Å². The van der Waals surface area contributed by atoms with Crippen molar-refractivity contribution < 1.29 is 9.53 Å². The first-order chi connectivity index (χ1) is 14.9. The molecule has 0 radical (unpaired) electrons. The monoisotopic (exact) mass is 458 g/mol. The predicted octanol–water partition coefficient (Wildman–Crippen LogP) is 4.81. The van der Waals surface area contributed by atoms with E-state index in [1.165, 1.54) is 11.3 Å². The molecule has 1 aliphatic heterocycles. The van der Waals surface area contributed by atoms with Gasteiger partial charge in [0.05, 0.1) is 9.85 Å². The molecule has 0 atom stereocenters. The van der Waals surface area contributed by atoms with Gasteiger partial charge in [-0.05, 0) is 75.8 Å². The molecule has 164 valence electrons. The molecule has 8 heteroatoms. The summed E-state index contributed by atoms with van der Waals surface area (Å²) >= 11 is 7.19. The number of piperidine rings is 1. The highest BCUT2D eigenvalue weighted by molar-refractivity contribution is 7.17. The number of hydrogen-bond acceptors (Lipinski definition) is 6. The first-order valence-electron chi connectivity index (χ1n) is 10.4. The number of benzene rings is 1. The van der Waals surface area contributed by atoms with Crippen LogP contribution in [0.25, 0.3) is 10.9 Å². The van der Waals surface area contributed by atoms with E-state index in [2.05, 4.69) is 42.2 Å². The first-order valence-corrected chi connectivity index (χ1v) is 11.6. The summed E-state index contributed by atoms with van der Waals surface area (Å²) in [5.41, 5.74) is 2.82. The van der Waals surface area contributed by atoms with Crippen LogP contribution in [0.2, 0.25) is 4.34 Å². The number of rotatable bonds is 6. The number of ether oxygens (including phenoxy) is 1. The average Bonchev–Trinajstić information content (AvgIpc) is 3.18. The minimum atomic E-state index is -0.213. The van der Waals surface area contributed by atoms with Crippen molar-refractivity contribution in [3.05, 3.63) is 46.3 Å². The number of carbonyl (C=O) groups excluding carboxylic acids is 1. The lowest BCUT2D eigenvalue weighted by Crippen LogP contribution is -2.42. The third kappa shape index (κ3) is 5.29. The van der Waals surface area contributed by atoms with Gasteiger partial charge in [0.25, 0.3) is 5.91 Å². The van der Waals surface area contributed by atoms with Gasteiger partial charge >= 0.3 is 0 Å². The zero-order valence-electron chi connectivity index (χ0n) is 18.0. The summed E-state index contributed by atoms with van der Waals surface area (Å²) in [6.07, 6.45) is 2.30. The smallest absolute Gasteiger partial charge is 0.262 e. The number of pyridine rings is 1. The van der Waals surface area contributed by atoms with Crippen LogP contribution in [-0.2, 0) is 4.79 Å². The number of nitrogens with one attached hydrogen (secondary N) is 1. The highest BCUT2D eigenvalue weighted by Gasteiger charge is 2.22. The summed E-state index contributed by atoms with van der Waals surface area (Å²) in [6.45, 7) is 4.07. The number of anilines is 2. The Balaban J connectivity index is 1.42. The molecule has 3 heterocycles. The van der Waals surface area contributed by atoms with Crippen molar-refractivity contribution >= 4 is 51.3 Å². The molecule has 1 aromatic carbocycles. The minimum Gasteiger partial charge on any atom is -0.474 e. The second kappa shape index (κ2) is 9.42. The Kier molecular flexibility index (Phi) is 6.65. The summed E-state index contributed by atoms with van der Waals surface area (Å²) < 4.78 is 6.11. The Bertz CT molecular complexity index is 1080. The topological polar surface area (TPSA) is 57.7 Å². The summed E-state index contributed by atoms with van der Waals surface area (Å²) in [5.74, 6) is 0.817. The van der Waals surface area contributed by atoms with Gasteiger partial charge in [0.1, 0.15) is 5.82 Å². The lowest BCUT2D eigenvalue weighted by molar-refractivity contribution is -0.118. The lowest BCUT2D eigenvalue weighted by atomic mass is 10.0. The van der Waals surface area contributed by atoms with Crippen molar-refractivity contribution in [1.82, 2.24) is 9.88 Å². The van der Waals surface area contributed by atoms with Gasteiger partial charge in [-0.1, -0.05) is 22.9 Å². The third-order valence-electron chi connectivity index (χ3n) is 5.70. The van der Waals surface area contributed by atoms with E-state index >= 15 is 0 Å². The summed E-state index contributed by atoms with van der Waals surface area (Å²) in [5, 5.41) is 4.56. The van der Waals surface area contributed by atoms with Crippen molar-refractivity contribution in [2.45, 2.75) is 25.8 Å². The zero-order valence-corrected chi connectivity index (χ0v) is 19.6. The van der Waals surface area contributed by atoms with Crippen LogP contribution in [0.3, 0.4) is 0 Å². The molecule has 0 saturated carbocycles. The second-order valence-corrected chi connectivity index (χ2v) is 9.78. The van der Waals surface area contributed by atoms with Gasteiger partial charge in [0.2, 0.25) is 0 Å². The number of amides is 1. The van der Waals surface area contributed by atoms with E-state index in [0.29, 0.717) is 15.4 Å². The molecule has 1 saturated heterocycles. The highest BCUT2D eigenvalue weighted by Crippen LogP contribution is 2.29. The number of halogens is 1. The molecule has 1 aliphatic rings. The number of aryl methyl sites for hydroxylation is 1. The SMILES string of the molecule is Cc1cc(N2CCC(N(C)C)CC2)nc2ccc(NC(=O)COc3ccc(Cl)s3)cc12. The molecule has 2 aromatic heterocycles.